The molecule has 0 fully saturated rings. The van der Waals surface area contributed by atoms with Gasteiger partial charge in [-0.25, -0.2) is 9.18 Å². The van der Waals surface area contributed by atoms with Crippen molar-refractivity contribution in [3.63, 3.8) is 0 Å². The van der Waals surface area contributed by atoms with Crippen LogP contribution in [0.2, 0.25) is 0 Å². The molecule has 0 atom stereocenters. The standard InChI is InChI=1S/C25H29FN2O4/c1-5-32-22-11-8-19(12-23(22)31-4)13-27-14-21-16(2)28(17(3)24(21)25(29)30)15-18-6-9-20(26)10-7-18/h6-12,27H,5,13-15H2,1-4H3,(H,29,30). The SMILES string of the molecule is CCOc1ccc(CNCc2c(C(=O)O)c(C)n(Cc3ccc(F)cc3)c2C)cc1OC. The lowest BCUT2D eigenvalue weighted by Crippen LogP contribution is -2.15. The number of rotatable bonds is 10. The van der Waals surface area contributed by atoms with E-state index in [0.29, 0.717) is 49.0 Å². The number of benzene rings is 2. The lowest BCUT2D eigenvalue weighted by molar-refractivity contribution is 0.0694. The van der Waals surface area contributed by atoms with Crippen molar-refractivity contribution in [3.8, 4) is 11.5 Å². The van der Waals surface area contributed by atoms with Gasteiger partial charge in [-0.2, -0.15) is 0 Å². The fourth-order valence-electron chi connectivity index (χ4n) is 3.89. The molecule has 0 spiro atoms. The van der Waals surface area contributed by atoms with Crippen molar-refractivity contribution in [2.24, 2.45) is 0 Å². The molecule has 0 bridgehead atoms. The maximum absolute atomic E-state index is 13.2. The van der Waals surface area contributed by atoms with E-state index in [0.717, 1.165) is 22.4 Å². The normalized spacial score (nSPS) is 10.9. The first kappa shape index (κ1) is 23.3. The summed E-state index contributed by atoms with van der Waals surface area (Å²) >= 11 is 0. The molecule has 0 aliphatic heterocycles. The van der Waals surface area contributed by atoms with Gasteiger partial charge in [-0.05, 0) is 56.2 Å². The number of halogens is 1. The van der Waals surface area contributed by atoms with Crippen LogP contribution in [0.4, 0.5) is 4.39 Å². The second-order valence-electron chi connectivity index (χ2n) is 7.56. The van der Waals surface area contributed by atoms with Crippen molar-refractivity contribution in [3.05, 3.63) is 81.9 Å². The number of methoxy groups -OCH3 is 1. The number of aromatic carboxylic acids is 1. The summed E-state index contributed by atoms with van der Waals surface area (Å²) in [5.74, 6) is 0.103. The number of carbonyl (C=O) groups is 1. The number of nitrogens with zero attached hydrogens (tertiary/aromatic N) is 1. The first-order valence-corrected chi connectivity index (χ1v) is 10.5. The summed E-state index contributed by atoms with van der Waals surface area (Å²) in [6.07, 6.45) is 0. The van der Waals surface area contributed by atoms with Crippen LogP contribution in [0.25, 0.3) is 0 Å². The Morgan fingerprint density at radius 3 is 2.34 bits per heavy atom. The second-order valence-corrected chi connectivity index (χ2v) is 7.56. The van der Waals surface area contributed by atoms with E-state index in [9.17, 15) is 14.3 Å². The third kappa shape index (κ3) is 5.11. The monoisotopic (exact) mass is 440 g/mol. The van der Waals surface area contributed by atoms with E-state index < -0.39 is 5.97 Å². The van der Waals surface area contributed by atoms with Crippen LogP contribution >= 0.6 is 0 Å². The molecule has 3 rings (SSSR count). The summed E-state index contributed by atoms with van der Waals surface area (Å²) in [5.41, 5.74) is 4.52. The van der Waals surface area contributed by atoms with Crippen LogP contribution in [0, 0.1) is 19.7 Å². The molecule has 0 unspecified atom stereocenters. The highest BCUT2D eigenvalue weighted by Gasteiger charge is 2.22. The molecule has 0 saturated carbocycles. The molecule has 6 nitrogen and oxygen atoms in total. The van der Waals surface area contributed by atoms with Crippen LogP contribution in [0.15, 0.2) is 42.5 Å². The van der Waals surface area contributed by atoms with Crippen molar-refractivity contribution >= 4 is 5.97 Å². The van der Waals surface area contributed by atoms with Gasteiger partial charge in [-0.3, -0.25) is 0 Å². The van der Waals surface area contributed by atoms with E-state index in [1.807, 2.05) is 36.6 Å². The zero-order chi connectivity index (χ0) is 23.3. The van der Waals surface area contributed by atoms with Crippen LogP contribution in [0.5, 0.6) is 11.5 Å². The number of ether oxygens (including phenoxy) is 2. The minimum absolute atomic E-state index is 0.295. The summed E-state index contributed by atoms with van der Waals surface area (Å²) in [6, 6.07) is 12.0. The van der Waals surface area contributed by atoms with Gasteiger partial charge in [0.15, 0.2) is 11.5 Å². The van der Waals surface area contributed by atoms with E-state index >= 15 is 0 Å². The lowest BCUT2D eigenvalue weighted by Gasteiger charge is -2.12. The molecule has 170 valence electrons. The van der Waals surface area contributed by atoms with Crippen molar-refractivity contribution in [2.45, 2.75) is 40.4 Å². The molecule has 32 heavy (non-hydrogen) atoms. The Morgan fingerprint density at radius 2 is 1.72 bits per heavy atom. The number of aromatic nitrogens is 1. The Labute approximate surface area is 187 Å². The van der Waals surface area contributed by atoms with E-state index in [2.05, 4.69) is 5.32 Å². The zero-order valence-electron chi connectivity index (χ0n) is 18.9. The molecule has 0 amide bonds. The van der Waals surface area contributed by atoms with Crippen LogP contribution in [0.3, 0.4) is 0 Å². The van der Waals surface area contributed by atoms with Crippen molar-refractivity contribution in [1.82, 2.24) is 9.88 Å². The number of nitrogens with one attached hydrogen (secondary N) is 1. The molecule has 0 aliphatic carbocycles. The molecule has 0 radical (unpaired) electrons. The molecular weight excluding hydrogens is 411 g/mol. The van der Waals surface area contributed by atoms with Gasteiger partial charge in [0.25, 0.3) is 0 Å². The topological polar surface area (TPSA) is 72.7 Å². The predicted molar refractivity (Wildman–Crippen MR) is 121 cm³/mol. The molecule has 0 aliphatic rings. The quantitative estimate of drug-likeness (QED) is 0.479. The smallest absolute Gasteiger partial charge is 0.337 e. The Kier molecular flexibility index (Phi) is 7.53. The van der Waals surface area contributed by atoms with E-state index in [1.165, 1.54) is 12.1 Å². The van der Waals surface area contributed by atoms with Gasteiger partial charge in [-0.1, -0.05) is 18.2 Å². The molecule has 1 heterocycles. The second kappa shape index (κ2) is 10.3. The summed E-state index contributed by atoms with van der Waals surface area (Å²) in [4.78, 5) is 12.0. The highest BCUT2D eigenvalue weighted by Crippen LogP contribution is 2.28. The molecule has 1 aromatic heterocycles. The number of hydrogen-bond acceptors (Lipinski definition) is 4. The predicted octanol–water partition coefficient (Wildman–Crippen LogP) is 4.69. The minimum Gasteiger partial charge on any atom is -0.493 e. The summed E-state index contributed by atoms with van der Waals surface area (Å²) in [7, 11) is 1.60. The maximum atomic E-state index is 13.2. The first-order valence-electron chi connectivity index (χ1n) is 10.5. The fourth-order valence-corrected chi connectivity index (χ4v) is 3.89. The van der Waals surface area contributed by atoms with Gasteiger partial charge < -0.3 is 24.5 Å². The van der Waals surface area contributed by atoms with Gasteiger partial charge in [0.1, 0.15) is 5.82 Å². The Balaban J connectivity index is 1.79. The molecular formula is C25H29FN2O4. The molecule has 2 N–H and O–H groups in total. The van der Waals surface area contributed by atoms with Crippen molar-refractivity contribution < 1.29 is 23.8 Å². The highest BCUT2D eigenvalue weighted by molar-refractivity contribution is 5.91. The average molecular weight is 441 g/mol. The van der Waals surface area contributed by atoms with Gasteiger partial charge in [0.2, 0.25) is 0 Å². The summed E-state index contributed by atoms with van der Waals surface area (Å²) in [5, 5.41) is 13.2. The maximum Gasteiger partial charge on any atom is 0.337 e. The summed E-state index contributed by atoms with van der Waals surface area (Å²) in [6.45, 7) is 7.62. The number of hydrogen-bond donors (Lipinski definition) is 2. The van der Waals surface area contributed by atoms with Crippen LogP contribution in [-0.4, -0.2) is 29.4 Å². The van der Waals surface area contributed by atoms with Gasteiger partial charge >= 0.3 is 5.97 Å². The fraction of sp³-hybridized carbons (Fsp3) is 0.320. The molecule has 2 aromatic carbocycles. The van der Waals surface area contributed by atoms with E-state index in [1.54, 1.807) is 26.2 Å². The molecule has 0 saturated heterocycles. The van der Waals surface area contributed by atoms with Crippen LogP contribution < -0.4 is 14.8 Å². The van der Waals surface area contributed by atoms with Crippen molar-refractivity contribution in [2.75, 3.05) is 13.7 Å². The third-order valence-corrected chi connectivity index (χ3v) is 5.54. The van der Waals surface area contributed by atoms with E-state index in [4.69, 9.17) is 9.47 Å². The number of carboxylic acids is 1. The van der Waals surface area contributed by atoms with Crippen LogP contribution in [-0.2, 0) is 19.6 Å². The van der Waals surface area contributed by atoms with Crippen LogP contribution in [0.1, 0.15) is 45.4 Å². The average Bonchev–Trinajstić information content (AvgIpc) is 3.00. The largest absolute Gasteiger partial charge is 0.493 e. The van der Waals surface area contributed by atoms with Gasteiger partial charge in [0.05, 0.1) is 19.3 Å². The third-order valence-electron chi connectivity index (χ3n) is 5.54. The Bertz CT molecular complexity index is 1090. The minimum atomic E-state index is -0.956. The Hall–Kier alpha value is -3.32. The highest BCUT2D eigenvalue weighted by atomic mass is 19.1. The Morgan fingerprint density at radius 1 is 1.03 bits per heavy atom. The van der Waals surface area contributed by atoms with Crippen molar-refractivity contribution in [1.29, 1.82) is 0 Å². The number of carboxylic acid groups (broad SMARTS) is 1. The molecule has 3 aromatic rings. The van der Waals surface area contributed by atoms with Gasteiger partial charge in [-0.15, -0.1) is 0 Å². The van der Waals surface area contributed by atoms with Gasteiger partial charge in [0, 0.05) is 36.6 Å². The molecule has 7 heteroatoms. The zero-order valence-corrected chi connectivity index (χ0v) is 18.9. The lowest BCUT2D eigenvalue weighted by atomic mass is 10.1. The summed E-state index contributed by atoms with van der Waals surface area (Å²) < 4.78 is 26.2. The van der Waals surface area contributed by atoms with E-state index in [-0.39, 0.29) is 5.82 Å². The first-order chi connectivity index (χ1) is 15.3.